The van der Waals surface area contributed by atoms with Gasteiger partial charge in [-0.3, -0.25) is 0 Å². The predicted molar refractivity (Wildman–Crippen MR) is 44.9 cm³/mol. The fraction of sp³-hybridized carbons (Fsp3) is 0.250. The molecule has 0 aromatic rings. The standard InChI is InChI=1S/C8H11ClO/c1-3-5-8(9)6-4-7-10-2/h3-7H,1-2H3/b5-3-,7-4+,8-6+. The van der Waals surface area contributed by atoms with Gasteiger partial charge in [0.1, 0.15) is 0 Å². The van der Waals surface area contributed by atoms with E-state index in [0.717, 1.165) is 0 Å². The molecule has 0 N–H and O–H groups in total. The third-order valence-corrected chi connectivity index (χ3v) is 1.05. The Morgan fingerprint density at radius 1 is 1.50 bits per heavy atom. The van der Waals surface area contributed by atoms with Crippen molar-refractivity contribution in [2.45, 2.75) is 6.92 Å². The Morgan fingerprint density at radius 3 is 2.70 bits per heavy atom. The normalized spacial score (nSPS) is 13.3. The van der Waals surface area contributed by atoms with E-state index in [1.807, 2.05) is 19.1 Å². The van der Waals surface area contributed by atoms with Crippen molar-refractivity contribution in [3.05, 3.63) is 35.6 Å². The van der Waals surface area contributed by atoms with Gasteiger partial charge >= 0.3 is 0 Å². The fourth-order valence-corrected chi connectivity index (χ4v) is 0.623. The van der Waals surface area contributed by atoms with Crippen molar-refractivity contribution in [1.82, 2.24) is 0 Å². The van der Waals surface area contributed by atoms with Crippen LogP contribution in [0.4, 0.5) is 0 Å². The average Bonchev–Trinajstić information content (AvgIpc) is 1.89. The lowest BCUT2D eigenvalue weighted by molar-refractivity contribution is 0.338. The van der Waals surface area contributed by atoms with Crippen LogP contribution in [0.15, 0.2) is 35.6 Å². The molecule has 10 heavy (non-hydrogen) atoms. The van der Waals surface area contributed by atoms with Gasteiger partial charge < -0.3 is 4.74 Å². The van der Waals surface area contributed by atoms with E-state index in [-0.39, 0.29) is 0 Å². The SMILES string of the molecule is C\C=C/C(Cl)=C\C=C\OC. The Morgan fingerprint density at radius 2 is 2.20 bits per heavy atom. The molecular formula is C8H11ClO. The molecule has 0 rings (SSSR count). The maximum atomic E-state index is 5.68. The summed E-state index contributed by atoms with van der Waals surface area (Å²) in [5.41, 5.74) is 0. The van der Waals surface area contributed by atoms with E-state index in [1.54, 1.807) is 25.5 Å². The van der Waals surface area contributed by atoms with Crippen LogP contribution in [0.5, 0.6) is 0 Å². The van der Waals surface area contributed by atoms with Crippen molar-refractivity contribution in [3.63, 3.8) is 0 Å². The van der Waals surface area contributed by atoms with Gasteiger partial charge in [-0.15, -0.1) is 0 Å². The molecule has 0 aliphatic carbocycles. The fourth-order valence-electron chi connectivity index (χ4n) is 0.425. The first-order chi connectivity index (χ1) is 4.81. The molecule has 1 nitrogen and oxygen atoms in total. The van der Waals surface area contributed by atoms with Crippen LogP contribution in [0.25, 0.3) is 0 Å². The van der Waals surface area contributed by atoms with Crippen molar-refractivity contribution < 1.29 is 4.74 Å². The summed E-state index contributed by atoms with van der Waals surface area (Å²) in [7, 11) is 1.59. The smallest absolute Gasteiger partial charge is 0.0825 e. The molecule has 2 heteroatoms. The molecule has 0 fully saturated rings. The second kappa shape index (κ2) is 6.43. The summed E-state index contributed by atoms with van der Waals surface area (Å²) in [5.74, 6) is 0. The van der Waals surface area contributed by atoms with Crippen molar-refractivity contribution in [3.8, 4) is 0 Å². The Kier molecular flexibility index (Phi) is 5.99. The largest absolute Gasteiger partial charge is 0.504 e. The van der Waals surface area contributed by atoms with Crippen molar-refractivity contribution >= 4 is 11.6 Å². The van der Waals surface area contributed by atoms with Crippen LogP contribution >= 0.6 is 11.6 Å². The summed E-state index contributed by atoms with van der Waals surface area (Å²) in [6.07, 6.45) is 8.74. The Hall–Kier alpha value is -0.690. The van der Waals surface area contributed by atoms with E-state index >= 15 is 0 Å². The zero-order valence-electron chi connectivity index (χ0n) is 6.17. The van der Waals surface area contributed by atoms with Crippen molar-refractivity contribution in [2.75, 3.05) is 7.11 Å². The lowest BCUT2D eigenvalue weighted by Crippen LogP contribution is -1.63. The molecule has 0 aliphatic rings. The number of rotatable bonds is 3. The molecule has 0 spiro atoms. The molecule has 0 aliphatic heterocycles. The monoisotopic (exact) mass is 158 g/mol. The van der Waals surface area contributed by atoms with Gasteiger partial charge in [0.2, 0.25) is 0 Å². The first-order valence-corrected chi connectivity index (χ1v) is 3.37. The number of allylic oxidation sites excluding steroid dienone is 5. The van der Waals surface area contributed by atoms with E-state index in [1.165, 1.54) is 0 Å². The van der Waals surface area contributed by atoms with E-state index in [0.29, 0.717) is 5.03 Å². The van der Waals surface area contributed by atoms with Crippen molar-refractivity contribution in [1.29, 1.82) is 0 Å². The molecule has 0 aromatic carbocycles. The van der Waals surface area contributed by atoms with Gasteiger partial charge in [-0.25, -0.2) is 0 Å². The number of ether oxygens (including phenoxy) is 1. The van der Waals surface area contributed by atoms with E-state index < -0.39 is 0 Å². The maximum Gasteiger partial charge on any atom is 0.0825 e. The topological polar surface area (TPSA) is 9.23 Å². The first-order valence-electron chi connectivity index (χ1n) is 2.99. The lowest BCUT2D eigenvalue weighted by atomic mass is 10.4. The van der Waals surface area contributed by atoms with Crippen molar-refractivity contribution in [2.24, 2.45) is 0 Å². The second-order valence-electron chi connectivity index (χ2n) is 1.62. The van der Waals surface area contributed by atoms with E-state index in [2.05, 4.69) is 4.74 Å². The Balaban J connectivity index is 3.79. The van der Waals surface area contributed by atoms with Crippen LogP contribution in [-0.2, 0) is 4.74 Å². The summed E-state index contributed by atoms with van der Waals surface area (Å²) in [4.78, 5) is 0. The number of halogens is 1. The van der Waals surface area contributed by atoms with Crippen LogP contribution < -0.4 is 0 Å². The Bertz CT molecular complexity index is 157. The highest BCUT2D eigenvalue weighted by Crippen LogP contribution is 2.02. The minimum absolute atomic E-state index is 0.691. The summed E-state index contributed by atoms with van der Waals surface area (Å²) in [5, 5.41) is 0.691. The molecule has 0 saturated carbocycles. The first kappa shape index (κ1) is 9.31. The molecule has 0 aromatic heterocycles. The number of hydrogen-bond donors (Lipinski definition) is 0. The molecule has 0 heterocycles. The van der Waals surface area contributed by atoms with Gasteiger partial charge in [0, 0.05) is 5.03 Å². The minimum Gasteiger partial charge on any atom is -0.504 e. The van der Waals surface area contributed by atoms with Gasteiger partial charge in [0.25, 0.3) is 0 Å². The lowest BCUT2D eigenvalue weighted by Gasteiger charge is -1.84. The van der Waals surface area contributed by atoms with Gasteiger partial charge in [-0.2, -0.15) is 0 Å². The van der Waals surface area contributed by atoms with Gasteiger partial charge in [-0.05, 0) is 25.2 Å². The third kappa shape index (κ3) is 5.45. The highest BCUT2D eigenvalue weighted by Gasteiger charge is 1.77. The highest BCUT2D eigenvalue weighted by molar-refractivity contribution is 6.31. The molecule has 0 saturated heterocycles. The van der Waals surface area contributed by atoms with Crippen LogP contribution in [0.2, 0.25) is 0 Å². The number of hydrogen-bond acceptors (Lipinski definition) is 1. The molecular weight excluding hydrogens is 148 g/mol. The summed E-state index contributed by atoms with van der Waals surface area (Å²) >= 11 is 5.68. The van der Waals surface area contributed by atoms with E-state index in [9.17, 15) is 0 Å². The summed E-state index contributed by atoms with van der Waals surface area (Å²) in [6, 6.07) is 0. The molecule has 56 valence electrons. The van der Waals surface area contributed by atoms with Gasteiger partial charge in [0.05, 0.1) is 13.4 Å². The predicted octanol–water partition coefficient (Wildman–Crippen LogP) is 2.85. The van der Waals surface area contributed by atoms with Crippen LogP contribution in [-0.4, -0.2) is 7.11 Å². The summed E-state index contributed by atoms with van der Waals surface area (Å²) < 4.78 is 4.66. The van der Waals surface area contributed by atoms with Crippen LogP contribution in [0.1, 0.15) is 6.92 Å². The van der Waals surface area contributed by atoms with Crippen LogP contribution in [0, 0.1) is 0 Å². The summed E-state index contributed by atoms with van der Waals surface area (Å²) in [6.45, 7) is 1.91. The zero-order valence-corrected chi connectivity index (χ0v) is 6.93. The van der Waals surface area contributed by atoms with E-state index in [4.69, 9.17) is 11.6 Å². The number of methoxy groups -OCH3 is 1. The average molecular weight is 159 g/mol. The minimum atomic E-state index is 0.691. The van der Waals surface area contributed by atoms with Gasteiger partial charge in [-0.1, -0.05) is 17.7 Å². The third-order valence-electron chi connectivity index (χ3n) is 0.796. The Labute approximate surface area is 66.6 Å². The molecule has 0 amide bonds. The van der Waals surface area contributed by atoms with Crippen LogP contribution in [0.3, 0.4) is 0 Å². The molecule has 0 atom stereocenters. The highest BCUT2D eigenvalue weighted by atomic mass is 35.5. The maximum absolute atomic E-state index is 5.68. The molecule has 0 bridgehead atoms. The second-order valence-corrected chi connectivity index (χ2v) is 2.05. The molecule has 0 radical (unpaired) electrons. The van der Waals surface area contributed by atoms with Gasteiger partial charge in [0.15, 0.2) is 0 Å². The molecule has 0 unspecified atom stereocenters. The zero-order chi connectivity index (χ0) is 7.82. The quantitative estimate of drug-likeness (QED) is 0.454.